The molecule has 0 N–H and O–H groups in total. The third-order valence-electron chi connectivity index (χ3n) is 3.34. The van der Waals surface area contributed by atoms with Crippen molar-refractivity contribution in [2.24, 2.45) is 0 Å². The predicted molar refractivity (Wildman–Crippen MR) is 76.8 cm³/mol. The van der Waals surface area contributed by atoms with Crippen molar-refractivity contribution < 1.29 is 27.5 Å². The zero-order valence-electron chi connectivity index (χ0n) is 12.5. The zero-order chi connectivity index (χ0) is 16.5. The maximum absolute atomic E-state index is 12.2. The Hall–Kier alpha value is -1.93. The molecular formula is C14H17NO6S. The van der Waals surface area contributed by atoms with Crippen LogP contribution in [0.4, 0.5) is 0 Å². The number of carbonyl (C=O) groups excluding carboxylic acids is 2. The molecule has 0 aliphatic carbocycles. The van der Waals surface area contributed by atoms with Crippen LogP contribution < -0.4 is 0 Å². The zero-order valence-corrected chi connectivity index (χ0v) is 13.3. The van der Waals surface area contributed by atoms with Crippen molar-refractivity contribution in [1.29, 1.82) is 0 Å². The second-order valence-corrected chi connectivity index (χ2v) is 7.27. The van der Waals surface area contributed by atoms with E-state index in [4.69, 9.17) is 9.47 Å². The van der Waals surface area contributed by atoms with Gasteiger partial charge in [0.05, 0.1) is 17.1 Å². The van der Waals surface area contributed by atoms with Crippen LogP contribution in [-0.4, -0.2) is 51.5 Å². The molecule has 1 fully saturated rings. The Labute approximate surface area is 128 Å². The highest BCUT2D eigenvalue weighted by Crippen LogP contribution is 2.20. The average Bonchev–Trinajstić information content (AvgIpc) is 2.84. The standard InChI is InChI=1S/C14H17NO6S/c1-9-4-5-10(22(18,19)15(2)3)8-11(9)13(16)21-12-6-7-20-14(12)17/h4-5,8,12H,6-7H2,1-3H3/t12-/m1/s1. The summed E-state index contributed by atoms with van der Waals surface area (Å²) in [5.74, 6) is -1.32. The Morgan fingerprint density at radius 3 is 2.59 bits per heavy atom. The van der Waals surface area contributed by atoms with Gasteiger partial charge in [0.1, 0.15) is 0 Å². The summed E-state index contributed by atoms with van der Waals surface area (Å²) in [6.45, 7) is 1.88. The van der Waals surface area contributed by atoms with Crippen molar-refractivity contribution in [3.63, 3.8) is 0 Å². The summed E-state index contributed by atoms with van der Waals surface area (Å²) in [6, 6.07) is 4.21. The van der Waals surface area contributed by atoms with Crippen LogP contribution in [0, 0.1) is 6.92 Å². The number of rotatable bonds is 4. The van der Waals surface area contributed by atoms with Gasteiger partial charge >= 0.3 is 11.9 Å². The lowest BCUT2D eigenvalue weighted by molar-refractivity contribution is -0.145. The number of cyclic esters (lactones) is 1. The van der Waals surface area contributed by atoms with Crippen molar-refractivity contribution in [1.82, 2.24) is 4.31 Å². The first kappa shape index (κ1) is 16.4. The lowest BCUT2D eigenvalue weighted by atomic mass is 10.1. The Morgan fingerprint density at radius 1 is 1.36 bits per heavy atom. The summed E-state index contributed by atoms with van der Waals surface area (Å²) in [6.07, 6.45) is -0.625. The van der Waals surface area contributed by atoms with Crippen LogP contribution in [0.2, 0.25) is 0 Å². The molecule has 0 spiro atoms. The molecule has 7 nitrogen and oxygen atoms in total. The SMILES string of the molecule is Cc1ccc(S(=O)(=O)N(C)C)cc1C(=O)O[C@@H]1CCOC1=O. The van der Waals surface area contributed by atoms with Crippen LogP contribution in [0.1, 0.15) is 22.3 Å². The fraction of sp³-hybridized carbons (Fsp3) is 0.429. The molecule has 0 bridgehead atoms. The quantitative estimate of drug-likeness (QED) is 0.757. The van der Waals surface area contributed by atoms with Crippen molar-refractivity contribution in [3.05, 3.63) is 29.3 Å². The Kier molecular flexibility index (Phi) is 4.52. The maximum Gasteiger partial charge on any atom is 0.347 e. The molecule has 1 aromatic carbocycles. The first-order valence-corrected chi connectivity index (χ1v) is 8.08. The third kappa shape index (κ3) is 3.12. The van der Waals surface area contributed by atoms with E-state index >= 15 is 0 Å². The molecule has 8 heteroatoms. The Morgan fingerprint density at radius 2 is 2.05 bits per heavy atom. The molecule has 1 atom stereocenters. The molecule has 1 aromatic rings. The summed E-state index contributed by atoms with van der Waals surface area (Å²) >= 11 is 0. The molecule has 1 saturated heterocycles. The smallest absolute Gasteiger partial charge is 0.347 e. The van der Waals surface area contributed by atoms with E-state index in [1.807, 2.05) is 0 Å². The van der Waals surface area contributed by atoms with E-state index in [1.165, 1.54) is 32.3 Å². The van der Waals surface area contributed by atoms with E-state index in [1.54, 1.807) is 6.92 Å². The molecular weight excluding hydrogens is 310 g/mol. The summed E-state index contributed by atoms with van der Waals surface area (Å²) in [4.78, 5) is 23.5. The van der Waals surface area contributed by atoms with E-state index in [9.17, 15) is 18.0 Å². The van der Waals surface area contributed by atoms with Crippen LogP contribution in [0.25, 0.3) is 0 Å². The van der Waals surface area contributed by atoms with Gasteiger partial charge in [-0.15, -0.1) is 0 Å². The van der Waals surface area contributed by atoms with Crippen LogP contribution in [-0.2, 0) is 24.3 Å². The maximum atomic E-state index is 12.2. The van der Waals surface area contributed by atoms with E-state index in [0.29, 0.717) is 12.0 Å². The molecule has 22 heavy (non-hydrogen) atoms. The van der Waals surface area contributed by atoms with E-state index in [2.05, 4.69) is 0 Å². The largest absolute Gasteiger partial charge is 0.463 e. The van der Waals surface area contributed by atoms with E-state index in [0.717, 1.165) is 4.31 Å². The lowest BCUT2D eigenvalue weighted by Crippen LogP contribution is -2.24. The van der Waals surface area contributed by atoms with Crippen molar-refractivity contribution in [2.45, 2.75) is 24.3 Å². The second kappa shape index (κ2) is 6.05. The van der Waals surface area contributed by atoms with Gasteiger partial charge in [0.25, 0.3) is 0 Å². The van der Waals surface area contributed by atoms with Gasteiger partial charge in [-0.2, -0.15) is 0 Å². The monoisotopic (exact) mass is 327 g/mol. The number of hydrogen-bond acceptors (Lipinski definition) is 6. The molecule has 0 saturated carbocycles. The van der Waals surface area contributed by atoms with Crippen LogP contribution in [0.5, 0.6) is 0 Å². The van der Waals surface area contributed by atoms with E-state index < -0.39 is 28.1 Å². The first-order chi connectivity index (χ1) is 10.2. The molecule has 1 aliphatic heterocycles. The lowest BCUT2D eigenvalue weighted by Gasteiger charge is -2.14. The van der Waals surface area contributed by atoms with Gasteiger partial charge < -0.3 is 9.47 Å². The molecule has 120 valence electrons. The summed E-state index contributed by atoms with van der Waals surface area (Å²) < 4.78 is 35.1. The highest BCUT2D eigenvalue weighted by Gasteiger charge is 2.31. The molecule has 1 aliphatic rings. The van der Waals surface area contributed by atoms with Crippen LogP contribution in [0.15, 0.2) is 23.1 Å². The molecule has 2 rings (SSSR count). The number of hydrogen-bond donors (Lipinski definition) is 0. The van der Waals surface area contributed by atoms with Gasteiger partial charge in [-0.25, -0.2) is 22.3 Å². The molecule has 0 amide bonds. The summed E-state index contributed by atoms with van der Waals surface area (Å²) in [7, 11) is -0.845. The number of benzene rings is 1. The number of ether oxygens (including phenoxy) is 2. The second-order valence-electron chi connectivity index (χ2n) is 5.11. The predicted octanol–water partition coefficient (Wildman–Crippen LogP) is 0.718. The van der Waals surface area contributed by atoms with Gasteiger partial charge in [0.15, 0.2) is 0 Å². The summed E-state index contributed by atoms with van der Waals surface area (Å²) in [5, 5.41) is 0. The van der Waals surface area contributed by atoms with Crippen LogP contribution in [0.3, 0.4) is 0 Å². The molecule has 0 unspecified atom stereocenters. The first-order valence-electron chi connectivity index (χ1n) is 6.64. The Balaban J connectivity index is 2.31. The van der Waals surface area contributed by atoms with Gasteiger partial charge in [0.2, 0.25) is 16.1 Å². The topological polar surface area (TPSA) is 90.0 Å². The number of esters is 2. The van der Waals surface area contributed by atoms with Crippen molar-refractivity contribution in [2.75, 3.05) is 20.7 Å². The summed E-state index contributed by atoms with van der Waals surface area (Å²) in [5.41, 5.74) is 0.677. The van der Waals surface area contributed by atoms with Crippen molar-refractivity contribution >= 4 is 22.0 Å². The highest BCUT2D eigenvalue weighted by atomic mass is 32.2. The molecule has 1 heterocycles. The fourth-order valence-corrected chi connectivity index (χ4v) is 2.90. The van der Waals surface area contributed by atoms with Crippen LogP contribution >= 0.6 is 0 Å². The minimum atomic E-state index is -3.65. The highest BCUT2D eigenvalue weighted by molar-refractivity contribution is 7.89. The number of sulfonamides is 1. The third-order valence-corrected chi connectivity index (χ3v) is 5.16. The Bertz CT molecular complexity index is 710. The average molecular weight is 327 g/mol. The van der Waals surface area contributed by atoms with Crippen molar-refractivity contribution in [3.8, 4) is 0 Å². The van der Waals surface area contributed by atoms with Gasteiger partial charge in [-0.1, -0.05) is 6.07 Å². The van der Waals surface area contributed by atoms with Gasteiger partial charge in [-0.3, -0.25) is 0 Å². The molecule has 0 radical (unpaired) electrons. The number of aryl methyl sites for hydroxylation is 1. The van der Waals surface area contributed by atoms with Gasteiger partial charge in [-0.05, 0) is 24.6 Å². The number of nitrogens with zero attached hydrogens (tertiary/aromatic N) is 1. The fourth-order valence-electron chi connectivity index (χ4n) is 1.97. The van der Waals surface area contributed by atoms with E-state index in [-0.39, 0.29) is 17.1 Å². The minimum absolute atomic E-state index is 0.0101. The molecule has 0 aromatic heterocycles. The van der Waals surface area contributed by atoms with Gasteiger partial charge in [0, 0.05) is 20.5 Å². The minimum Gasteiger partial charge on any atom is -0.463 e. The normalized spacial score (nSPS) is 18.4. The number of carbonyl (C=O) groups is 2.